The topological polar surface area (TPSA) is 85.2 Å². The highest BCUT2D eigenvalue weighted by Crippen LogP contribution is 2.14. The van der Waals surface area contributed by atoms with Gasteiger partial charge in [0.05, 0.1) is 18.0 Å². The van der Waals surface area contributed by atoms with Crippen LogP contribution in [0.3, 0.4) is 0 Å². The first-order valence-corrected chi connectivity index (χ1v) is 8.05. The minimum atomic E-state index is -0.283. The van der Waals surface area contributed by atoms with E-state index in [4.69, 9.17) is 4.74 Å². The van der Waals surface area contributed by atoms with Gasteiger partial charge in [-0.2, -0.15) is 5.10 Å². The van der Waals surface area contributed by atoms with Gasteiger partial charge in [-0.3, -0.25) is 9.59 Å². The van der Waals surface area contributed by atoms with Gasteiger partial charge in [-0.1, -0.05) is 18.2 Å². The molecule has 1 heterocycles. The number of amides is 1. The van der Waals surface area contributed by atoms with Crippen LogP contribution < -0.4 is 16.2 Å². The van der Waals surface area contributed by atoms with Crippen molar-refractivity contribution in [3.8, 4) is 0 Å². The van der Waals surface area contributed by atoms with Crippen molar-refractivity contribution in [3.63, 3.8) is 0 Å². The van der Waals surface area contributed by atoms with Crippen LogP contribution in [0.1, 0.15) is 30.4 Å². The molecule has 1 amide bonds. The molecule has 138 valence electrons. The average molecular weight is 369 g/mol. The maximum atomic E-state index is 12.5. The highest BCUT2D eigenvalue weighted by atomic mass is 35.5. The maximum Gasteiger partial charge on any atom is 0.274 e. The van der Waals surface area contributed by atoms with Crippen molar-refractivity contribution in [2.45, 2.75) is 19.9 Å². The van der Waals surface area contributed by atoms with E-state index in [-0.39, 0.29) is 35.6 Å². The zero-order valence-corrected chi connectivity index (χ0v) is 15.6. The normalized spacial score (nSPS) is 10.7. The quantitative estimate of drug-likeness (QED) is 0.687. The van der Waals surface area contributed by atoms with Gasteiger partial charge in [0.1, 0.15) is 0 Å². The third-order valence-electron chi connectivity index (χ3n) is 3.60. The van der Waals surface area contributed by atoms with Gasteiger partial charge >= 0.3 is 0 Å². The molecule has 8 heteroatoms. The van der Waals surface area contributed by atoms with Crippen molar-refractivity contribution < 1.29 is 9.53 Å². The number of rotatable bonds is 8. The summed E-state index contributed by atoms with van der Waals surface area (Å²) in [6.07, 6.45) is 0. The van der Waals surface area contributed by atoms with Gasteiger partial charge < -0.3 is 15.4 Å². The van der Waals surface area contributed by atoms with E-state index in [1.54, 1.807) is 31.4 Å². The highest BCUT2D eigenvalue weighted by Gasteiger charge is 2.17. The predicted octanol–water partition coefficient (Wildman–Crippen LogP) is 1.36. The summed E-state index contributed by atoms with van der Waals surface area (Å²) in [7, 11) is 1.64. The zero-order chi connectivity index (χ0) is 17.5. The minimum absolute atomic E-state index is 0. The lowest BCUT2D eigenvalue weighted by Crippen LogP contribution is -2.35. The second-order valence-electron chi connectivity index (χ2n) is 5.74. The molecule has 0 saturated carbocycles. The number of aromatic nitrogens is 2. The second kappa shape index (κ2) is 10.1. The number of nitrogens with zero attached hydrogens (tertiary/aromatic N) is 2. The van der Waals surface area contributed by atoms with Crippen LogP contribution in [0.2, 0.25) is 0 Å². The number of nitrogens with one attached hydrogen (secondary N) is 2. The first-order chi connectivity index (χ1) is 11.6. The summed E-state index contributed by atoms with van der Waals surface area (Å²) in [4.78, 5) is 24.9. The molecule has 0 radical (unpaired) electrons. The Morgan fingerprint density at radius 2 is 1.88 bits per heavy atom. The van der Waals surface area contributed by atoms with Crippen LogP contribution in [-0.4, -0.2) is 49.0 Å². The lowest BCUT2D eigenvalue weighted by molar-refractivity contribution is 0.0948. The van der Waals surface area contributed by atoms with E-state index in [1.807, 2.05) is 13.8 Å². The van der Waals surface area contributed by atoms with Crippen molar-refractivity contribution in [1.29, 1.82) is 0 Å². The van der Waals surface area contributed by atoms with Gasteiger partial charge in [0, 0.05) is 32.1 Å². The molecule has 0 unspecified atom stereocenters. The molecule has 0 aliphatic rings. The second-order valence-corrected chi connectivity index (χ2v) is 5.74. The van der Waals surface area contributed by atoms with Gasteiger partial charge in [-0.05, 0) is 19.9 Å². The molecule has 2 aromatic rings. The largest absolute Gasteiger partial charge is 0.383 e. The Balaban J connectivity index is 0.00000312. The first kappa shape index (κ1) is 21.1. The number of hydrogen-bond donors (Lipinski definition) is 2. The van der Waals surface area contributed by atoms with Crippen LogP contribution in [0.5, 0.6) is 0 Å². The number of halogens is 1. The Labute approximate surface area is 153 Å². The fourth-order valence-corrected chi connectivity index (χ4v) is 2.37. The van der Waals surface area contributed by atoms with E-state index in [2.05, 4.69) is 15.7 Å². The minimum Gasteiger partial charge on any atom is -0.383 e. The number of hydrogen-bond acceptors (Lipinski definition) is 5. The van der Waals surface area contributed by atoms with Crippen LogP contribution in [0.25, 0.3) is 10.8 Å². The Kier molecular flexibility index (Phi) is 8.54. The molecular formula is C17H25ClN4O3. The predicted molar refractivity (Wildman–Crippen MR) is 101 cm³/mol. The van der Waals surface area contributed by atoms with Crippen molar-refractivity contribution in [2.24, 2.45) is 0 Å². The lowest BCUT2D eigenvalue weighted by Gasteiger charge is -2.13. The van der Waals surface area contributed by atoms with Crippen LogP contribution >= 0.6 is 12.4 Å². The van der Waals surface area contributed by atoms with Crippen molar-refractivity contribution in [1.82, 2.24) is 20.4 Å². The summed E-state index contributed by atoms with van der Waals surface area (Å²) in [5.74, 6) is -0.283. The van der Waals surface area contributed by atoms with Crippen molar-refractivity contribution in [2.75, 3.05) is 33.4 Å². The van der Waals surface area contributed by atoms with E-state index in [1.165, 1.54) is 4.68 Å². The molecule has 0 aliphatic carbocycles. The highest BCUT2D eigenvalue weighted by molar-refractivity contribution is 6.04. The van der Waals surface area contributed by atoms with Gasteiger partial charge in [-0.25, -0.2) is 4.68 Å². The van der Waals surface area contributed by atoms with Crippen LogP contribution in [0.4, 0.5) is 0 Å². The molecule has 0 saturated heterocycles. The fraction of sp³-hybridized carbons (Fsp3) is 0.471. The molecule has 0 fully saturated rings. The molecule has 0 bridgehead atoms. The molecule has 7 nitrogen and oxygen atoms in total. The Morgan fingerprint density at radius 1 is 1.20 bits per heavy atom. The molecular weight excluding hydrogens is 344 g/mol. The first-order valence-electron chi connectivity index (χ1n) is 8.05. The molecule has 2 rings (SSSR count). The molecule has 0 spiro atoms. The third kappa shape index (κ3) is 5.26. The Hall–Kier alpha value is -1.96. The SMILES string of the molecule is COCCNCCNC(=O)c1nn(C(C)C)c(=O)c2ccccc12.Cl. The van der Waals surface area contributed by atoms with Crippen LogP contribution in [0.15, 0.2) is 29.1 Å². The summed E-state index contributed by atoms with van der Waals surface area (Å²) < 4.78 is 6.30. The third-order valence-corrected chi connectivity index (χ3v) is 3.60. The van der Waals surface area contributed by atoms with Gasteiger partial charge in [-0.15, -0.1) is 12.4 Å². The zero-order valence-electron chi connectivity index (χ0n) is 14.7. The Morgan fingerprint density at radius 3 is 2.52 bits per heavy atom. The molecule has 2 N–H and O–H groups in total. The van der Waals surface area contributed by atoms with E-state index >= 15 is 0 Å². The molecule has 1 aromatic carbocycles. The van der Waals surface area contributed by atoms with Crippen molar-refractivity contribution >= 4 is 29.1 Å². The molecule has 25 heavy (non-hydrogen) atoms. The summed E-state index contributed by atoms with van der Waals surface area (Å²) in [5.41, 5.74) is 0.0918. The summed E-state index contributed by atoms with van der Waals surface area (Å²) in [5, 5.41) is 11.3. The number of methoxy groups -OCH3 is 1. The van der Waals surface area contributed by atoms with E-state index < -0.39 is 0 Å². The average Bonchev–Trinajstić information content (AvgIpc) is 2.58. The smallest absolute Gasteiger partial charge is 0.274 e. The molecule has 0 aliphatic heterocycles. The lowest BCUT2D eigenvalue weighted by atomic mass is 10.1. The summed E-state index contributed by atoms with van der Waals surface area (Å²) >= 11 is 0. The monoisotopic (exact) mass is 368 g/mol. The fourth-order valence-electron chi connectivity index (χ4n) is 2.37. The van der Waals surface area contributed by atoms with E-state index in [9.17, 15) is 9.59 Å². The number of carbonyl (C=O) groups is 1. The van der Waals surface area contributed by atoms with Crippen molar-refractivity contribution in [3.05, 3.63) is 40.3 Å². The summed E-state index contributed by atoms with van der Waals surface area (Å²) in [6, 6.07) is 6.94. The molecule has 1 aromatic heterocycles. The van der Waals surface area contributed by atoms with Crippen LogP contribution in [-0.2, 0) is 4.74 Å². The van der Waals surface area contributed by atoms with E-state index in [0.29, 0.717) is 30.5 Å². The van der Waals surface area contributed by atoms with E-state index in [0.717, 1.165) is 6.54 Å². The van der Waals surface area contributed by atoms with Gasteiger partial charge in [0.2, 0.25) is 0 Å². The van der Waals surface area contributed by atoms with Gasteiger partial charge in [0.15, 0.2) is 5.69 Å². The van der Waals surface area contributed by atoms with Crippen LogP contribution in [0, 0.1) is 0 Å². The maximum absolute atomic E-state index is 12.5. The number of ether oxygens (including phenoxy) is 1. The van der Waals surface area contributed by atoms with Gasteiger partial charge in [0.25, 0.3) is 11.5 Å². The Bertz CT molecular complexity index is 761. The summed E-state index contributed by atoms with van der Waals surface area (Å²) in [6.45, 7) is 6.19. The number of carbonyl (C=O) groups excluding carboxylic acids is 1. The number of fused-ring (bicyclic) bond motifs is 1. The standard InChI is InChI=1S/C17H24N4O3.ClH/c1-12(2)21-17(23)14-7-5-4-6-13(14)15(20-21)16(22)19-9-8-18-10-11-24-3;/h4-7,12,18H,8-11H2,1-3H3,(H,19,22);1H. The number of benzene rings is 1. The molecule has 0 atom stereocenters.